The van der Waals surface area contributed by atoms with Gasteiger partial charge < -0.3 is 4.74 Å². The summed E-state index contributed by atoms with van der Waals surface area (Å²) in [4.78, 5) is 14.4. The predicted molar refractivity (Wildman–Crippen MR) is 69.7 cm³/mol. The van der Waals surface area contributed by atoms with E-state index < -0.39 is 0 Å². The van der Waals surface area contributed by atoms with Crippen LogP contribution >= 0.6 is 0 Å². The minimum Gasteiger partial charge on any atom is -0.497 e. The molecule has 2 saturated heterocycles. The monoisotopic (exact) mass is 245 g/mol. The summed E-state index contributed by atoms with van der Waals surface area (Å²) in [5, 5.41) is 0. The number of piperidine rings is 1. The highest BCUT2D eigenvalue weighted by Crippen LogP contribution is 2.38. The lowest BCUT2D eigenvalue weighted by atomic mass is 9.91. The number of nitrogens with zero attached hydrogens (tertiary/aromatic N) is 1. The number of carbonyl (C=O) groups is 1. The molecule has 2 heterocycles. The maximum atomic E-state index is 11.9. The van der Waals surface area contributed by atoms with Crippen molar-refractivity contribution in [2.45, 2.75) is 37.8 Å². The SMILES string of the molecule is COc1ccc([C@@H]2CC(=O)C[C@@H]3CCCN32)cc1. The van der Waals surface area contributed by atoms with Crippen molar-refractivity contribution >= 4 is 5.78 Å². The standard InChI is InChI=1S/C15H19NO2/c1-18-14-6-4-11(5-7-14)15-10-13(17)9-12-3-2-8-16(12)15/h4-7,12,15H,2-3,8-10H2,1H3/t12-,15-/m0/s1. The van der Waals surface area contributed by atoms with E-state index in [9.17, 15) is 4.79 Å². The summed E-state index contributed by atoms with van der Waals surface area (Å²) in [6, 6.07) is 8.93. The van der Waals surface area contributed by atoms with Crippen LogP contribution in [0.1, 0.15) is 37.3 Å². The van der Waals surface area contributed by atoms with Crippen molar-refractivity contribution in [1.29, 1.82) is 0 Å². The third kappa shape index (κ3) is 2.03. The smallest absolute Gasteiger partial charge is 0.136 e. The maximum absolute atomic E-state index is 11.9. The number of methoxy groups -OCH3 is 1. The Morgan fingerprint density at radius 3 is 2.72 bits per heavy atom. The molecule has 2 aliphatic heterocycles. The van der Waals surface area contributed by atoms with Crippen molar-refractivity contribution in [3.05, 3.63) is 29.8 Å². The van der Waals surface area contributed by atoms with Gasteiger partial charge in [0.2, 0.25) is 0 Å². The second-order valence-electron chi connectivity index (χ2n) is 5.27. The van der Waals surface area contributed by atoms with Crippen molar-refractivity contribution in [3.63, 3.8) is 0 Å². The van der Waals surface area contributed by atoms with Gasteiger partial charge in [-0.25, -0.2) is 0 Å². The van der Waals surface area contributed by atoms with E-state index in [0.29, 0.717) is 18.2 Å². The molecule has 0 aromatic heterocycles. The molecule has 1 aromatic carbocycles. The van der Waals surface area contributed by atoms with Gasteiger partial charge in [0, 0.05) is 24.9 Å². The van der Waals surface area contributed by atoms with E-state index in [1.165, 1.54) is 18.4 Å². The van der Waals surface area contributed by atoms with Gasteiger partial charge in [0.05, 0.1) is 7.11 Å². The molecule has 0 N–H and O–H groups in total. The number of ether oxygens (including phenoxy) is 1. The molecule has 0 radical (unpaired) electrons. The summed E-state index contributed by atoms with van der Waals surface area (Å²) >= 11 is 0. The van der Waals surface area contributed by atoms with Crippen molar-refractivity contribution in [2.24, 2.45) is 0 Å². The van der Waals surface area contributed by atoms with Gasteiger partial charge in [-0.2, -0.15) is 0 Å². The van der Waals surface area contributed by atoms with E-state index in [0.717, 1.165) is 18.7 Å². The zero-order valence-electron chi connectivity index (χ0n) is 10.8. The van der Waals surface area contributed by atoms with Crippen molar-refractivity contribution in [2.75, 3.05) is 13.7 Å². The van der Waals surface area contributed by atoms with Gasteiger partial charge >= 0.3 is 0 Å². The Balaban J connectivity index is 1.86. The molecule has 96 valence electrons. The molecule has 2 fully saturated rings. The molecule has 2 aliphatic rings. The molecular weight excluding hydrogens is 226 g/mol. The minimum absolute atomic E-state index is 0.282. The summed E-state index contributed by atoms with van der Waals surface area (Å²) in [6.07, 6.45) is 3.83. The van der Waals surface area contributed by atoms with Gasteiger partial charge in [-0.15, -0.1) is 0 Å². The first-order chi connectivity index (χ1) is 8.78. The number of benzene rings is 1. The molecule has 2 atom stereocenters. The Bertz CT molecular complexity index is 440. The van der Waals surface area contributed by atoms with E-state index in [1.807, 2.05) is 12.1 Å². The number of Topliss-reactive ketones (excluding diaryl/α,β-unsaturated/α-hetero) is 1. The van der Waals surface area contributed by atoms with Crippen LogP contribution < -0.4 is 4.74 Å². The molecule has 0 saturated carbocycles. The third-order valence-corrected chi connectivity index (χ3v) is 4.21. The minimum atomic E-state index is 0.282. The van der Waals surface area contributed by atoms with Crippen LogP contribution in [-0.2, 0) is 4.79 Å². The Hall–Kier alpha value is -1.35. The molecule has 0 bridgehead atoms. The highest BCUT2D eigenvalue weighted by molar-refractivity contribution is 5.80. The lowest BCUT2D eigenvalue weighted by Gasteiger charge is -2.37. The zero-order chi connectivity index (χ0) is 12.5. The van der Waals surface area contributed by atoms with Gasteiger partial charge in [0.25, 0.3) is 0 Å². The Kier molecular flexibility index (Phi) is 3.08. The molecular formula is C15H19NO2. The largest absolute Gasteiger partial charge is 0.497 e. The molecule has 0 amide bonds. The van der Waals surface area contributed by atoms with E-state index in [1.54, 1.807) is 7.11 Å². The van der Waals surface area contributed by atoms with Gasteiger partial charge in [-0.05, 0) is 37.1 Å². The van der Waals surface area contributed by atoms with E-state index in [-0.39, 0.29) is 6.04 Å². The lowest BCUT2D eigenvalue weighted by molar-refractivity contribution is -0.124. The average Bonchev–Trinajstić information content (AvgIpc) is 2.86. The van der Waals surface area contributed by atoms with Crippen LogP contribution in [0, 0.1) is 0 Å². The van der Waals surface area contributed by atoms with Crippen LogP contribution in [-0.4, -0.2) is 30.4 Å². The van der Waals surface area contributed by atoms with Crippen molar-refractivity contribution in [1.82, 2.24) is 4.90 Å². The third-order valence-electron chi connectivity index (χ3n) is 4.21. The summed E-state index contributed by atoms with van der Waals surface area (Å²) in [5.74, 6) is 1.29. The van der Waals surface area contributed by atoms with Crippen molar-refractivity contribution in [3.8, 4) is 5.75 Å². The van der Waals surface area contributed by atoms with Crippen LogP contribution in [0.3, 0.4) is 0 Å². The average molecular weight is 245 g/mol. The molecule has 0 unspecified atom stereocenters. The molecule has 3 heteroatoms. The first kappa shape index (κ1) is 11.7. The number of carbonyl (C=O) groups excluding carboxylic acids is 1. The zero-order valence-corrected chi connectivity index (χ0v) is 10.8. The second kappa shape index (κ2) is 4.73. The Morgan fingerprint density at radius 1 is 1.22 bits per heavy atom. The molecule has 1 aromatic rings. The Labute approximate surface area is 108 Å². The summed E-state index contributed by atoms with van der Waals surface area (Å²) in [5.41, 5.74) is 1.25. The first-order valence-corrected chi connectivity index (χ1v) is 6.69. The van der Waals surface area contributed by atoms with Gasteiger partial charge in [-0.3, -0.25) is 9.69 Å². The number of hydrogen-bond donors (Lipinski definition) is 0. The number of hydrogen-bond acceptors (Lipinski definition) is 3. The van der Waals surface area contributed by atoms with Crippen molar-refractivity contribution < 1.29 is 9.53 Å². The second-order valence-corrected chi connectivity index (χ2v) is 5.27. The number of ketones is 1. The quantitative estimate of drug-likeness (QED) is 0.802. The fourth-order valence-electron chi connectivity index (χ4n) is 3.30. The summed E-state index contributed by atoms with van der Waals surface area (Å²) < 4.78 is 5.18. The van der Waals surface area contributed by atoms with Crippen LogP contribution in [0.4, 0.5) is 0 Å². The fourth-order valence-corrected chi connectivity index (χ4v) is 3.30. The topological polar surface area (TPSA) is 29.5 Å². The predicted octanol–water partition coefficient (Wildman–Crippen LogP) is 2.56. The number of rotatable bonds is 2. The summed E-state index contributed by atoms with van der Waals surface area (Å²) in [6.45, 7) is 1.13. The van der Waals surface area contributed by atoms with Crippen LogP contribution in [0.5, 0.6) is 5.75 Å². The molecule has 3 rings (SSSR count). The lowest BCUT2D eigenvalue weighted by Crippen LogP contribution is -2.40. The van der Waals surface area contributed by atoms with Gasteiger partial charge in [-0.1, -0.05) is 12.1 Å². The normalized spacial score (nSPS) is 28.2. The highest BCUT2D eigenvalue weighted by atomic mass is 16.5. The van der Waals surface area contributed by atoms with E-state index in [2.05, 4.69) is 17.0 Å². The van der Waals surface area contributed by atoms with Gasteiger partial charge in [0.15, 0.2) is 0 Å². The molecule has 0 aliphatic carbocycles. The Morgan fingerprint density at radius 2 is 2.00 bits per heavy atom. The van der Waals surface area contributed by atoms with Crippen LogP contribution in [0.2, 0.25) is 0 Å². The van der Waals surface area contributed by atoms with Crippen LogP contribution in [0.15, 0.2) is 24.3 Å². The van der Waals surface area contributed by atoms with E-state index in [4.69, 9.17) is 4.74 Å². The fraction of sp³-hybridized carbons (Fsp3) is 0.533. The van der Waals surface area contributed by atoms with Gasteiger partial charge in [0.1, 0.15) is 11.5 Å². The van der Waals surface area contributed by atoms with E-state index >= 15 is 0 Å². The van der Waals surface area contributed by atoms with Crippen LogP contribution in [0.25, 0.3) is 0 Å². The molecule has 18 heavy (non-hydrogen) atoms. The molecule has 0 spiro atoms. The number of fused-ring (bicyclic) bond motifs is 1. The maximum Gasteiger partial charge on any atom is 0.136 e. The molecule has 3 nitrogen and oxygen atoms in total. The first-order valence-electron chi connectivity index (χ1n) is 6.69. The summed E-state index contributed by atoms with van der Waals surface area (Å²) in [7, 11) is 1.68. The highest BCUT2D eigenvalue weighted by Gasteiger charge is 2.37.